The van der Waals surface area contributed by atoms with E-state index in [1.54, 1.807) is 10.9 Å². The maximum Gasteiger partial charge on any atom is 0.280 e. The second-order valence-corrected chi connectivity index (χ2v) is 7.09. The summed E-state index contributed by atoms with van der Waals surface area (Å²) in [5.41, 5.74) is 3.77. The largest absolute Gasteiger partial charge is 0.348 e. The van der Waals surface area contributed by atoms with Gasteiger partial charge in [-0.25, -0.2) is 18.3 Å². The van der Waals surface area contributed by atoms with E-state index in [0.29, 0.717) is 11.3 Å². The number of fused-ring (bicyclic) bond motifs is 1. The topological polar surface area (TPSA) is 77.1 Å². The molecule has 3 heterocycles. The van der Waals surface area contributed by atoms with Crippen molar-refractivity contribution in [2.24, 2.45) is 7.05 Å². The van der Waals surface area contributed by atoms with Crippen LogP contribution >= 0.6 is 0 Å². The predicted molar refractivity (Wildman–Crippen MR) is 107 cm³/mol. The minimum Gasteiger partial charge on any atom is -0.348 e. The lowest BCUT2D eigenvalue weighted by molar-refractivity contribution is 0.0952. The van der Waals surface area contributed by atoms with Gasteiger partial charge in [0, 0.05) is 30.4 Å². The van der Waals surface area contributed by atoms with Crippen molar-refractivity contribution in [2.75, 3.05) is 0 Å². The highest BCUT2D eigenvalue weighted by Gasteiger charge is 2.21. The fraction of sp³-hybridized carbons (Fsp3) is 0.238. The lowest BCUT2D eigenvalue weighted by atomic mass is 10.1. The van der Waals surface area contributed by atoms with Gasteiger partial charge in [0.15, 0.2) is 5.65 Å². The molecule has 0 fully saturated rings. The highest BCUT2D eigenvalue weighted by atomic mass is 19.3. The Bertz CT molecular complexity index is 1230. The van der Waals surface area contributed by atoms with Crippen molar-refractivity contribution in [2.45, 2.75) is 26.8 Å². The van der Waals surface area contributed by atoms with Crippen LogP contribution in [0, 0.1) is 13.8 Å². The van der Waals surface area contributed by atoms with Crippen LogP contribution in [0.4, 0.5) is 8.78 Å². The van der Waals surface area contributed by atoms with Crippen molar-refractivity contribution >= 4 is 11.6 Å². The Balaban J connectivity index is 1.72. The Morgan fingerprint density at radius 1 is 1.13 bits per heavy atom. The van der Waals surface area contributed by atoms with E-state index in [1.807, 2.05) is 45.2 Å². The lowest BCUT2D eigenvalue weighted by Crippen LogP contribution is -2.23. The molecule has 4 aromatic rings. The molecule has 0 saturated heterocycles. The molecular weight excluding hydrogens is 390 g/mol. The number of aromatic nitrogens is 5. The van der Waals surface area contributed by atoms with E-state index in [2.05, 4.69) is 20.5 Å². The summed E-state index contributed by atoms with van der Waals surface area (Å²) in [6, 6.07) is 8.68. The number of aryl methyl sites for hydroxylation is 2. The van der Waals surface area contributed by atoms with Crippen LogP contribution in [-0.4, -0.2) is 30.3 Å². The first-order valence-electron chi connectivity index (χ1n) is 9.34. The molecule has 0 radical (unpaired) electrons. The van der Waals surface area contributed by atoms with E-state index < -0.39 is 12.3 Å². The number of amides is 1. The number of hydrogen-bond acceptors (Lipinski definition) is 4. The van der Waals surface area contributed by atoms with Gasteiger partial charge >= 0.3 is 0 Å². The Hall–Kier alpha value is -3.62. The van der Waals surface area contributed by atoms with Crippen LogP contribution in [-0.2, 0) is 13.6 Å². The van der Waals surface area contributed by atoms with Crippen LogP contribution in [0.5, 0.6) is 0 Å². The number of nitrogens with zero attached hydrogens (tertiary/aromatic N) is 5. The molecule has 30 heavy (non-hydrogen) atoms. The molecule has 3 aromatic heterocycles. The van der Waals surface area contributed by atoms with E-state index in [-0.39, 0.29) is 23.4 Å². The molecule has 0 unspecified atom stereocenters. The van der Waals surface area contributed by atoms with Crippen molar-refractivity contribution in [3.63, 3.8) is 0 Å². The molecule has 0 aliphatic carbocycles. The predicted octanol–water partition coefficient (Wildman–Crippen LogP) is 3.61. The minimum absolute atomic E-state index is 0.0868. The Morgan fingerprint density at radius 3 is 2.50 bits per heavy atom. The second kappa shape index (κ2) is 7.66. The number of carbonyl (C=O) groups excluding carboxylic acids is 1. The zero-order valence-corrected chi connectivity index (χ0v) is 16.7. The van der Waals surface area contributed by atoms with Gasteiger partial charge in [-0.15, -0.1) is 0 Å². The first-order chi connectivity index (χ1) is 14.3. The van der Waals surface area contributed by atoms with Gasteiger partial charge in [0.2, 0.25) is 0 Å². The number of carbonyl (C=O) groups is 1. The Morgan fingerprint density at radius 2 is 1.87 bits per heavy atom. The van der Waals surface area contributed by atoms with Gasteiger partial charge in [-0.05, 0) is 19.9 Å². The minimum atomic E-state index is -2.77. The maximum absolute atomic E-state index is 13.7. The molecule has 9 heteroatoms. The molecule has 0 bridgehead atoms. The summed E-state index contributed by atoms with van der Waals surface area (Å²) >= 11 is 0. The molecule has 1 amide bonds. The third-order valence-electron chi connectivity index (χ3n) is 5.09. The maximum atomic E-state index is 13.7. The number of hydrogen-bond donors (Lipinski definition) is 1. The summed E-state index contributed by atoms with van der Waals surface area (Å²) in [5, 5.41) is 10.9. The summed E-state index contributed by atoms with van der Waals surface area (Å²) in [5.74, 6) is -0.443. The molecule has 1 N–H and O–H groups in total. The highest BCUT2D eigenvalue weighted by molar-refractivity contribution is 5.99. The average molecular weight is 410 g/mol. The fourth-order valence-corrected chi connectivity index (χ4v) is 3.16. The Kier molecular flexibility index (Phi) is 5.03. The highest BCUT2D eigenvalue weighted by Crippen LogP contribution is 2.27. The van der Waals surface area contributed by atoms with Crippen LogP contribution < -0.4 is 5.32 Å². The molecule has 4 rings (SSSR count). The first kappa shape index (κ1) is 19.7. The second-order valence-electron chi connectivity index (χ2n) is 7.09. The van der Waals surface area contributed by atoms with Crippen molar-refractivity contribution in [3.8, 4) is 11.3 Å². The number of alkyl halides is 2. The van der Waals surface area contributed by atoms with E-state index in [1.165, 1.54) is 12.3 Å². The normalized spacial score (nSPS) is 11.4. The summed E-state index contributed by atoms with van der Waals surface area (Å²) in [6.07, 6.45) is 0.168. The van der Waals surface area contributed by atoms with Gasteiger partial charge in [-0.2, -0.15) is 10.2 Å². The van der Waals surface area contributed by atoms with E-state index in [4.69, 9.17) is 0 Å². The summed E-state index contributed by atoms with van der Waals surface area (Å²) in [7, 11) is 1.81. The summed E-state index contributed by atoms with van der Waals surface area (Å²) in [4.78, 5) is 17.2. The molecule has 0 aliphatic heterocycles. The van der Waals surface area contributed by atoms with E-state index in [9.17, 15) is 13.6 Å². The molecule has 1 aromatic carbocycles. The standard InChI is InChI=1S/C21H20F2N6O/c1-12-4-6-14(7-5-12)17-8-18(19(22)23)29-20(27-17)16(11-26-29)21(30)24-9-15-10-25-28(3)13(15)2/h4-8,10-11,19H,9H2,1-3H3,(H,24,30). The number of benzene rings is 1. The van der Waals surface area contributed by atoms with Crippen LogP contribution in [0.3, 0.4) is 0 Å². The van der Waals surface area contributed by atoms with Crippen LogP contribution in [0.15, 0.2) is 42.7 Å². The van der Waals surface area contributed by atoms with Gasteiger partial charge in [0.25, 0.3) is 12.3 Å². The van der Waals surface area contributed by atoms with Crippen molar-refractivity contribution in [1.82, 2.24) is 29.7 Å². The van der Waals surface area contributed by atoms with E-state index in [0.717, 1.165) is 21.3 Å². The number of nitrogens with one attached hydrogen (secondary N) is 1. The Labute approximate surface area is 171 Å². The first-order valence-corrected chi connectivity index (χ1v) is 9.34. The molecule has 7 nitrogen and oxygen atoms in total. The van der Waals surface area contributed by atoms with Gasteiger partial charge < -0.3 is 5.32 Å². The molecule has 0 aliphatic rings. The number of halogens is 2. The molecule has 0 atom stereocenters. The molecule has 0 spiro atoms. The van der Waals surface area contributed by atoms with Gasteiger partial charge in [0.1, 0.15) is 11.3 Å². The quantitative estimate of drug-likeness (QED) is 0.545. The SMILES string of the molecule is Cc1ccc(-c2cc(C(F)F)n3ncc(C(=O)NCc4cnn(C)c4C)c3n2)cc1. The lowest BCUT2D eigenvalue weighted by Gasteiger charge is -2.09. The zero-order chi connectivity index (χ0) is 21.4. The smallest absolute Gasteiger partial charge is 0.280 e. The number of rotatable bonds is 5. The van der Waals surface area contributed by atoms with Crippen molar-refractivity contribution in [1.29, 1.82) is 0 Å². The third kappa shape index (κ3) is 3.54. The molecular formula is C21H20F2N6O. The van der Waals surface area contributed by atoms with Crippen molar-refractivity contribution < 1.29 is 13.6 Å². The fourth-order valence-electron chi connectivity index (χ4n) is 3.16. The third-order valence-corrected chi connectivity index (χ3v) is 5.09. The van der Waals surface area contributed by atoms with Crippen LogP contribution in [0.1, 0.15) is 39.3 Å². The van der Waals surface area contributed by atoms with Crippen LogP contribution in [0.25, 0.3) is 16.9 Å². The van der Waals surface area contributed by atoms with Crippen molar-refractivity contribution in [3.05, 3.63) is 70.8 Å². The molecule has 0 saturated carbocycles. The van der Waals surface area contributed by atoms with Crippen LogP contribution in [0.2, 0.25) is 0 Å². The average Bonchev–Trinajstić information content (AvgIpc) is 3.29. The van der Waals surface area contributed by atoms with Gasteiger partial charge in [-0.1, -0.05) is 29.8 Å². The summed E-state index contributed by atoms with van der Waals surface area (Å²) < 4.78 is 30.1. The monoisotopic (exact) mass is 410 g/mol. The zero-order valence-electron chi connectivity index (χ0n) is 16.7. The van der Waals surface area contributed by atoms with Gasteiger partial charge in [-0.3, -0.25) is 9.48 Å². The van der Waals surface area contributed by atoms with Gasteiger partial charge in [0.05, 0.1) is 18.1 Å². The summed E-state index contributed by atoms with van der Waals surface area (Å²) in [6.45, 7) is 4.09. The van der Waals surface area contributed by atoms with E-state index >= 15 is 0 Å². The molecule has 154 valence electrons.